The highest BCUT2D eigenvalue weighted by atomic mass is 16.7. The zero-order valence-electron chi connectivity index (χ0n) is 27.6. The van der Waals surface area contributed by atoms with E-state index in [9.17, 15) is 19.5 Å². The Morgan fingerprint density at radius 3 is 2.31 bits per heavy atom. The molecular weight excluding hydrogens is 612 g/mol. The molecule has 3 saturated heterocycles. The fraction of sp³-hybridized carbons (Fsp3) is 0.432. The van der Waals surface area contributed by atoms with E-state index in [0.29, 0.717) is 31.7 Å². The number of para-hydroxylation sites is 1. The van der Waals surface area contributed by atoms with Crippen molar-refractivity contribution in [2.75, 3.05) is 36.5 Å². The number of aliphatic hydroxyl groups is 1. The average molecular weight is 657 g/mol. The molecular formula is C37H44N4O7. The summed E-state index contributed by atoms with van der Waals surface area (Å²) < 4.78 is 18.3. The zero-order valence-corrected chi connectivity index (χ0v) is 27.6. The molecule has 11 nitrogen and oxygen atoms in total. The number of nitrogens with one attached hydrogen (secondary N) is 2. The second-order valence-corrected chi connectivity index (χ2v) is 12.9. The maximum atomic E-state index is 13.2. The summed E-state index contributed by atoms with van der Waals surface area (Å²) in [5.41, 5.74) is 3.67. The molecule has 11 heteroatoms. The molecule has 3 aromatic rings. The van der Waals surface area contributed by atoms with Crippen LogP contribution in [-0.2, 0) is 35.2 Å². The molecule has 0 aliphatic carbocycles. The Balaban J connectivity index is 1.17. The molecule has 3 aromatic carbocycles. The lowest BCUT2D eigenvalue weighted by Gasteiger charge is -2.46. The van der Waals surface area contributed by atoms with Crippen LogP contribution in [0.3, 0.4) is 0 Å². The first-order valence-electron chi connectivity index (χ1n) is 16.6. The first-order valence-corrected chi connectivity index (χ1v) is 16.6. The minimum atomic E-state index is -0.915. The van der Waals surface area contributed by atoms with Gasteiger partial charge in [-0.1, -0.05) is 61.5 Å². The predicted molar refractivity (Wildman–Crippen MR) is 180 cm³/mol. The van der Waals surface area contributed by atoms with Crippen molar-refractivity contribution in [1.29, 1.82) is 0 Å². The molecule has 5 unspecified atom stereocenters. The molecule has 0 bridgehead atoms. The van der Waals surface area contributed by atoms with Crippen molar-refractivity contribution < 1.29 is 33.7 Å². The zero-order chi connectivity index (χ0) is 33.8. The maximum absolute atomic E-state index is 13.2. The number of nitrogens with zero attached hydrogens (tertiary/aromatic N) is 2. The van der Waals surface area contributed by atoms with Crippen molar-refractivity contribution in [2.45, 2.75) is 70.4 Å². The predicted octanol–water partition coefficient (Wildman–Crippen LogP) is 4.29. The highest BCUT2D eigenvalue weighted by Gasteiger charge is 2.51. The van der Waals surface area contributed by atoms with Gasteiger partial charge in [0.15, 0.2) is 12.4 Å². The van der Waals surface area contributed by atoms with E-state index in [0.717, 1.165) is 35.5 Å². The van der Waals surface area contributed by atoms with Crippen LogP contribution in [0.5, 0.6) is 0 Å². The second kappa shape index (κ2) is 14.4. The molecule has 3 aliphatic rings. The van der Waals surface area contributed by atoms with E-state index < -0.39 is 29.8 Å². The highest BCUT2D eigenvalue weighted by Crippen LogP contribution is 2.43. The van der Waals surface area contributed by atoms with Gasteiger partial charge in [0.2, 0.25) is 5.91 Å². The van der Waals surface area contributed by atoms with Crippen molar-refractivity contribution in [2.24, 2.45) is 5.92 Å². The van der Waals surface area contributed by atoms with Gasteiger partial charge in [-0.25, -0.2) is 0 Å². The van der Waals surface area contributed by atoms with Crippen molar-refractivity contribution in [3.05, 3.63) is 95.6 Å². The van der Waals surface area contributed by atoms with Crippen molar-refractivity contribution >= 4 is 29.2 Å². The van der Waals surface area contributed by atoms with Gasteiger partial charge in [-0.2, -0.15) is 0 Å². The molecule has 0 radical (unpaired) electrons. The van der Waals surface area contributed by atoms with Crippen LogP contribution in [0.15, 0.2) is 78.9 Å². The Bertz CT molecular complexity index is 1580. The van der Waals surface area contributed by atoms with E-state index in [1.54, 1.807) is 12.1 Å². The summed E-state index contributed by atoms with van der Waals surface area (Å²) in [6.07, 6.45) is -0.596. The number of aliphatic hydroxyl groups excluding tert-OH is 1. The monoisotopic (exact) mass is 656 g/mol. The van der Waals surface area contributed by atoms with E-state index in [1.165, 1.54) is 13.8 Å². The first kappa shape index (κ1) is 33.6. The number of anilines is 2. The smallest absolute Gasteiger partial charge is 0.303 e. The molecule has 0 aromatic heterocycles. The van der Waals surface area contributed by atoms with E-state index in [4.69, 9.17) is 14.2 Å². The van der Waals surface area contributed by atoms with Crippen molar-refractivity contribution in [3.63, 3.8) is 0 Å². The Morgan fingerprint density at radius 1 is 1.00 bits per heavy atom. The minimum absolute atomic E-state index is 0.00837. The van der Waals surface area contributed by atoms with Gasteiger partial charge in [-0.3, -0.25) is 14.4 Å². The van der Waals surface area contributed by atoms with Crippen molar-refractivity contribution in [3.8, 4) is 0 Å². The number of rotatable bonds is 9. The van der Waals surface area contributed by atoms with Crippen molar-refractivity contribution in [1.82, 2.24) is 10.2 Å². The molecule has 2 amide bonds. The largest absolute Gasteiger partial charge is 0.453 e. The summed E-state index contributed by atoms with van der Waals surface area (Å²) in [6, 6.07) is 25.2. The fourth-order valence-electron chi connectivity index (χ4n) is 6.99. The summed E-state index contributed by atoms with van der Waals surface area (Å²) in [5.74, 6) is -0.845. The minimum Gasteiger partial charge on any atom is -0.453 e. The van der Waals surface area contributed by atoms with Gasteiger partial charge in [-0.05, 0) is 55.2 Å². The number of hydrogen-bond acceptors (Lipinski definition) is 9. The molecule has 5 atom stereocenters. The van der Waals surface area contributed by atoms with Crippen LogP contribution in [0.2, 0.25) is 0 Å². The number of hydrogen-bond donors (Lipinski definition) is 3. The van der Waals surface area contributed by atoms with Crippen LogP contribution < -0.4 is 15.5 Å². The van der Waals surface area contributed by atoms with E-state index in [1.807, 2.05) is 54.6 Å². The van der Waals surface area contributed by atoms with Gasteiger partial charge >= 0.3 is 5.97 Å². The number of amides is 2. The third kappa shape index (κ3) is 7.09. The fourth-order valence-corrected chi connectivity index (χ4v) is 6.99. The number of piperidine rings is 1. The van der Waals surface area contributed by atoms with Gasteiger partial charge in [-0.15, -0.1) is 0 Å². The Kier molecular flexibility index (Phi) is 10.1. The van der Waals surface area contributed by atoms with Crippen LogP contribution >= 0.6 is 0 Å². The Labute approximate surface area is 281 Å². The lowest BCUT2D eigenvalue weighted by Crippen LogP contribution is -2.57. The Hall–Kier alpha value is -4.29. The lowest BCUT2D eigenvalue weighted by atomic mass is 9.84. The topological polar surface area (TPSA) is 130 Å². The second-order valence-electron chi connectivity index (χ2n) is 12.9. The molecule has 48 heavy (non-hydrogen) atoms. The number of carbonyl (C=O) groups excluding carboxylic acids is 3. The van der Waals surface area contributed by atoms with E-state index >= 15 is 0 Å². The van der Waals surface area contributed by atoms with Gasteiger partial charge in [0.25, 0.3) is 5.91 Å². The third-order valence-electron chi connectivity index (χ3n) is 9.81. The summed E-state index contributed by atoms with van der Waals surface area (Å²) in [5, 5.41) is 15.4. The summed E-state index contributed by atoms with van der Waals surface area (Å²) in [6.45, 7) is 7.59. The molecule has 3 fully saturated rings. The van der Waals surface area contributed by atoms with Crippen LogP contribution in [0.4, 0.5) is 11.4 Å². The SMILES string of the molecule is CC(=O)OC(C)C(=O)Nc1ccc(C2OC(CN3CCC4(CC3)C(=O)NCN4c3ccccc3)C(C)C(c3ccc(CO)cc3)O2)cc1. The summed E-state index contributed by atoms with van der Waals surface area (Å²) >= 11 is 0. The quantitative estimate of drug-likeness (QED) is 0.289. The molecule has 6 rings (SSSR count). The van der Waals surface area contributed by atoms with Gasteiger partial charge in [0.1, 0.15) is 5.54 Å². The maximum Gasteiger partial charge on any atom is 0.303 e. The van der Waals surface area contributed by atoms with Crippen LogP contribution in [0, 0.1) is 5.92 Å². The molecule has 3 heterocycles. The van der Waals surface area contributed by atoms with Gasteiger partial charge < -0.3 is 39.8 Å². The molecule has 1 spiro atoms. The lowest BCUT2D eigenvalue weighted by molar-refractivity contribution is -0.276. The number of likely N-dealkylation sites (tertiary alicyclic amines) is 1. The van der Waals surface area contributed by atoms with Crippen LogP contribution in [0.25, 0.3) is 0 Å². The van der Waals surface area contributed by atoms with E-state index in [2.05, 4.69) is 39.5 Å². The van der Waals surface area contributed by atoms with E-state index in [-0.39, 0.29) is 30.6 Å². The molecule has 0 saturated carbocycles. The summed E-state index contributed by atoms with van der Waals surface area (Å²) in [7, 11) is 0. The number of carbonyl (C=O) groups is 3. The van der Waals surface area contributed by atoms with Crippen LogP contribution in [0.1, 0.15) is 62.7 Å². The normalized spacial score (nSPS) is 24.6. The number of esters is 1. The Morgan fingerprint density at radius 2 is 1.67 bits per heavy atom. The standard InChI is InChI=1S/C37H44N4O7/c1-24-32(21-40-19-17-37(18-20-40)36(45)38-23-41(37)31-7-5-4-6-8-31)47-35(48-33(24)28-11-9-27(22-42)10-12-28)29-13-15-30(16-14-29)39-34(44)25(2)46-26(3)43/h4-16,24-25,32-33,35,42H,17-23H2,1-3H3,(H,38,45)(H,39,44). The number of ether oxygens (including phenoxy) is 3. The van der Waals surface area contributed by atoms with Gasteiger partial charge in [0, 0.05) is 49.4 Å². The number of benzene rings is 3. The van der Waals surface area contributed by atoms with Crippen LogP contribution in [-0.4, -0.2) is 71.8 Å². The average Bonchev–Trinajstić information content (AvgIpc) is 3.41. The molecule has 3 N–H and O–H groups in total. The molecule has 3 aliphatic heterocycles. The summed E-state index contributed by atoms with van der Waals surface area (Å²) in [4.78, 5) is 41.5. The molecule has 254 valence electrons. The highest BCUT2D eigenvalue weighted by molar-refractivity contribution is 5.95. The third-order valence-corrected chi connectivity index (χ3v) is 9.81. The first-order chi connectivity index (χ1) is 23.2. The van der Waals surface area contributed by atoms with Gasteiger partial charge in [0.05, 0.1) is 25.5 Å².